The number of nitrogens with zero attached hydrogens (tertiary/aromatic N) is 3. The maximum atomic E-state index is 13.0. The first kappa shape index (κ1) is 19.4. The van der Waals surface area contributed by atoms with E-state index in [1.54, 1.807) is 0 Å². The highest BCUT2D eigenvalue weighted by atomic mass is 16.2. The number of imidazole rings is 1. The first-order valence-corrected chi connectivity index (χ1v) is 11.1. The lowest BCUT2D eigenvalue weighted by molar-refractivity contribution is -0.122. The molecule has 152 valence electrons. The zero-order valence-corrected chi connectivity index (χ0v) is 17.7. The zero-order valence-electron chi connectivity index (χ0n) is 17.7. The van der Waals surface area contributed by atoms with Crippen molar-refractivity contribution in [2.45, 2.75) is 71.1 Å². The highest BCUT2D eigenvalue weighted by Gasteiger charge is 2.43. The van der Waals surface area contributed by atoms with E-state index < -0.39 is 5.41 Å². The minimum absolute atomic E-state index is 0.219. The van der Waals surface area contributed by atoms with Crippen LogP contribution in [0, 0.1) is 0 Å². The van der Waals surface area contributed by atoms with Crippen LogP contribution in [0.2, 0.25) is 0 Å². The lowest BCUT2D eigenvalue weighted by Crippen LogP contribution is -2.36. The van der Waals surface area contributed by atoms with Crippen LogP contribution in [0.15, 0.2) is 12.1 Å². The van der Waals surface area contributed by atoms with E-state index in [9.17, 15) is 4.79 Å². The van der Waals surface area contributed by atoms with Gasteiger partial charge < -0.3 is 14.8 Å². The Balaban J connectivity index is 1.56. The molecule has 2 aliphatic heterocycles. The number of carbonyl (C=O) groups excluding carboxylic acids is 1. The average molecular weight is 383 g/mol. The third-order valence-electron chi connectivity index (χ3n) is 6.49. The van der Waals surface area contributed by atoms with Crippen LogP contribution in [0.5, 0.6) is 0 Å². The van der Waals surface area contributed by atoms with Gasteiger partial charge in [0, 0.05) is 19.5 Å². The van der Waals surface area contributed by atoms with Crippen molar-refractivity contribution in [2.75, 3.05) is 31.1 Å². The summed E-state index contributed by atoms with van der Waals surface area (Å²) in [6.45, 7) is 10.6. The van der Waals surface area contributed by atoms with Gasteiger partial charge in [-0.3, -0.25) is 4.79 Å². The van der Waals surface area contributed by atoms with Crippen LogP contribution >= 0.6 is 0 Å². The first-order valence-electron chi connectivity index (χ1n) is 11.1. The number of nitrogens with one attached hydrogen (secondary N) is 1. The van der Waals surface area contributed by atoms with Gasteiger partial charge in [-0.15, -0.1) is 0 Å². The molecular formula is C23H34N4O. The quantitative estimate of drug-likeness (QED) is 0.722. The zero-order chi connectivity index (χ0) is 19.7. The molecule has 4 rings (SSSR count). The van der Waals surface area contributed by atoms with Crippen LogP contribution in [0.3, 0.4) is 0 Å². The van der Waals surface area contributed by atoms with Gasteiger partial charge in [0.2, 0.25) is 5.91 Å². The standard InChI is InChI=1S/C23H34N4O/c1-4-5-7-13-27-20-16-19-18(15-17(20)23(2,3)22(27)28)24-21(25-19)10-14-26-11-8-6-9-12-26/h15-16H,4-14H2,1-3H3,(H,24,25). The summed E-state index contributed by atoms with van der Waals surface area (Å²) >= 11 is 0. The minimum atomic E-state index is -0.463. The number of aromatic amines is 1. The molecule has 5 heteroatoms. The number of aromatic nitrogens is 2. The Morgan fingerprint density at radius 3 is 2.64 bits per heavy atom. The number of H-pyrrole nitrogens is 1. The fourth-order valence-electron chi connectivity index (χ4n) is 4.69. The Kier molecular flexibility index (Phi) is 5.46. The van der Waals surface area contributed by atoms with E-state index in [-0.39, 0.29) is 5.91 Å². The number of carbonyl (C=O) groups is 1. The molecule has 1 N–H and O–H groups in total. The monoisotopic (exact) mass is 382 g/mol. The molecule has 2 aliphatic rings. The van der Waals surface area contributed by atoms with Crippen molar-refractivity contribution in [3.05, 3.63) is 23.5 Å². The van der Waals surface area contributed by atoms with Gasteiger partial charge in [-0.25, -0.2) is 4.98 Å². The van der Waals surface area contributed by atoms with E-state index in [4.69, 9.17) is 4.98 Å². The number of anilines is 1. The summed E-state index contributed by atoms with van der Waals surface area (Å²) in [5.74, 6) is 1.28. The third-order valence-corrected chi connectivity index (χ3v) is 6.49. The normalized spacial score (nSPS) is 19.5. The maximum Gasteiger partial charge on any atom is 0.237 e. The molecule has 1 fully saturated rings. The summed E-state index contributed by atoms with van der Waals surface area (Å²) in [6, 6.07) is 4.30. The summed E-state index contributed by atoms with van der Waals surface area (Å²) in [4.78, 5) is 25.9. The molecule has 0 aliphatic carbocycles. The predicted molar refractivity (Wildman–Crippen MR) is 115 cm³/mol. The second-order valence-corrected chi connectivity index (χ2v) is 9.01. The molecule has 1 aromatic carbocycles. The predicted octanol–water partition coefficient (Wildman–Crippen LogP) is 4.41. The highest BCUT2D eigenvalue weighted by Crippen LogP contribution is 2.43. The van der Waals surface area contributed by atoms with Gasteiger partial charge in [0.25, 0.3) is 0 Å². The summed E-state index contributed by atoms with van der Waals surface area (Å²) in [5, 5.41) is 0. The molecule has 28 heavy (non-hydrogen) atoms. The first-order chi connectivity index (χ1) is 13.5. The molecule has 2 aromatic rings. The molecule has 3 heterocycles. The smallest absolute Gasteiger partial charge is 0.237 e. The van der Waals surface area contributed by atoms with E-state index in [1.165, 1.54) is 32.4 Å². The van der Waals surface area contributed by atoms with Crippen LogP contribution in [0.1, 0.15) is 70.7 Å². The van der Waals surface area contributed by atoms with Crippen molar-refractivity contribution in [1.29, 1.82) is 0 Å². The van der Waals surface area contributed by atoms with Crippen LogP contribution < -0.4 is 4.90 Å². The van der Waals surface area contributed by atoms with Crippen molar-refractivity contribution in [3.63, 3.8) is 0 Å². The van der Waals surface area contributed by atoms with E-state index in [0.29, 0.717) is 0 Å². The number of fused-ring (bicyclic) bond motifs is 2. The fraction of sp³-hybridized carbons (Fsp3) is 0.652. The van der Waals surface area contributed by atoms with Gasteiger partial charge in [0.1, 0.15) is 5.82 Å². The van der Waals surface area contributed by atoms with Crippen molar-refractivity contribution in [3.8, 4) is 0 Å². The second-order valence-electron chi connectivity index (χ2n) is 9.01. The molecule has 1 aromatic heterocycles. The molecule has 0 spiro atoms. The Hall–Kier alpha value is -1.88. The van der Waals surface area contributed by atoms with Gasteiger partial charge in [0.15, 0.2) is 0 Å². The lowest BCUT2D eigenvalue weighted by atomic mass is 9.86. The molecule has 0 atom stereocenters. The highest BCUT2D eigenvalue weighted by molar-refractivity contribution is 6.09. The number of hydrogen-bond donors (Lipinski definition) is 1. The maximum absolute atomic E-state index is 13.0. The van der Waals surface area contributed by atoms with E-state index in [1.807, 2.05) is 18.7 Å². The molecular weight excluding hydrogens is 348 g/mol. The number of piperidine rings is 1. The van der Waals surface area contributed by atoms with E-state index >= 15 is 0 Å². The van der Waals surface area contributed by atoms with Crippen molar-refractivity contribution >= 4 is 22.6 Å². The largest absolute Gasteiger partial charge is 0.342 e. The number of benzene rings is 1. The van der Waals surface area contributed by atoms with Gasteiger partial charge >= 0.3 is 0 Å². The van der Waals surface area contributed by atoms with Crippen molar-refractivity contribution in [2.24, 2.45) is 0 Å². The minimum Gasteiger partial charge on any atom is -0.342 e. The Labute approximate surface area is 168 Å². The van der Waals surface area contributed by atoms with Crippen LogP contribution in [-0.2, 0) is 16.6 Å². The summed E-state index contributed by atoms with van der Waals surface area (Å²) in [7, 11) is 0. The molecule has 0 unspecified atom stereocenters. The molecule has 1 amide bonds. The van der Waals surface area contributed by atoms with Crippen molar-refractivity contribution < 1.29 is 4.79 Å². The van der Waals surface area contributed by atoms with E-state index in [2.05, 4.69) is 28.9 Å². The van der Waals surface area contributed by atoms with E-state index in [0.717, 1.165) is 66.9 Å². The van der Waals surface area contributed by atoms with Crippen LogP contribution in [-0.4, -0.2) is 47.0 Å². The van der Waals surface area contributed by atoms with Gasteiger partial charge in [0.05, 0.1) is 22.1 Å². The lowest BCUT2D eigenvalue weighted by Gasteiger charge is -2.25. The molecule has 0 saturated carbocycles. The summed E-state index contributed by atoms with van der Waals surface area (Å²) < 4.78 is 0. The Morgan fingerprint density at radius 1 is 1.11 bits per heavy atom. The SMILES string of the molecule is CCCCCN1C(=O)C(C)(C)c2cc3[nH]c(CCN4CCCCC4)nc3cc21. The van der Waals surface area contributed by atoms with Crippen LogP contribution in [0.25, 0.3) is 11.0 Å². The third kappa shape index (κ3) is 3.57. The van der Waals surface area contributed by atoms with Gasteiger partial charge in [-0.2, -0.15) is 0 Å². The van der Waals surface area contributed by atoms with Gasteiger partial charge in [-0.1, -0.05) is 26.2 Å². The number of likely N-dealkylation sites (tertiary alicyclic amines) is 1. The molecule has 1 saturated heterocycles. The number of unbranched alkanes of at least 4 members (excludes halogenated alkanes) is 2. The summed E-state index contributed by atoms with van der Waals surface area (Å²) in [6.07, 6.45) is 8.35. The topological polar surface area (TPSA) is 52.2 Å². The molecule has 5 nitrogen and oxygen atoms in total. The molecule has 0 radical (unpaired) electrons. The second kappa shape index (κ2) is 7.86. The van der Waals surface area contributed by atoms with Gasteiger partial charge in [-0.05, 0) is 63.9 Å². The number of hydrogen-bond acceptors (Lipinski definition) is 3. The summed E-state index contributed by atoms with van der Waals surface area (Å²) in [5.41, 5.74) is 3.77. The number of rotatable bonds is 7. The van der Waals surface area contributed by atoms with Crippen LogP contribution in [0.4, 0.5) is 5.69 Å². The molecule has 0 bridgehead atoms. The average Bonchev–Trinajstić information content (AvgIpc) is 3.18. The van der Waals surface area contributed by atoms with Crippen molar-refractivity contribution in [1.82, 2.24) is 14.9 Å². The number of amides is 1. The fourth-order valence-corrected chi connectivity index (χ4v) is 4.69. The Bertz CT molecular complexity index is 848. The Morgan fingerprint density at radius 2 is 1.89 bits per heavy atom.